The lowest BCUT2D eigenvalue weighted by Gasteiger charge is -2.10. The van der Waals surface area contributed by atoms with Crippen LogP contribution >= 0.6 is 0 Å². The molecule has 4 heteroatoms. The molecular weight excluding hydrogens is 172 g/mol. The Labute approximate surface area is 75.7 Å². The summed E-state index contributed by atoms with van der Waals surface area (Å²) in [5.41, 5.74) is 0. The first-order chi connectivity index (χ1) is 6.27. The maximum Gasteiger partial charge on any atom is 0.231 e. The summed E-state index contributed by atoms with van der Waals surface area (Å²) in [6, 6.07) is 5.29. The molecule has 0 spiro atoms. The Morgan fingerprint density at radius 2 is 2.31 bits per heavy atom. The van der Waals surface area contributed by atoms with Crippen LogP contribution in [0.15, 0.2) is 18.2 Å². The molecule has 1 aliphatic rings. The molecule has 0 aliphatic carbocycles. The molecule has 1 unspecified atom stereocenters. The number of aliphatic hydroxyl groups is 1. The van der Waals surface area contributed by atoms with Crippen molar-refractivity contribution in [2.45, 2.75) is 13.2 Å². The van der Waals surface area contributed by atoms with Crippen LogP contribution in [0.1, 0.15) is 6.92 Å². The van der Waals surface area contributed by atoms with Gasteiger partial charge in [0.15, 0.2) is 17.8 Å². The lowest BCUT2D eigenvalue weighted by molar-refractivity contribution is -0.00233. The van der Waals surface area contributed by atoms with Crippen LogP contribution in [0.4, 0.5) is 0 Å². The van der Waals surface area contributed by atoms with Gasteiger partial charge in [-0.1, -0.05) is 6.07 Å². The number of aliphatic hydroxyl groups excluding tert-OH is 1. The topological polar surface area (TPSA) is 47.9 Å². The van der Waals surface area contributed by atoms with Gasteiger partial charge in [-0.15, -0.1) is 0 Å². The van der Waals surface area contributed by atoms with Crippen molar-refractivity contribution in [2.75, 3.05) is 6.79 Å². The second-order valence-electron chi connectivity index (χ2n) is 2.71. The molecule has 0 radical (unpaired) electrons. The van der Waals surface area contributed by atoms with Crippen LogP contribution in [0, 0.1) is 0 Å². The van der Waals surface area contributed by atoms with E-state index in [9.17, 15) is 0 Å². The third-order valence-electron chi connectivity index (χ3n) is 1.66. The maximum atomic E-state index is 9.02. The standard InChI is InChI=1S/C9H10O4/c1-6(10)13-8-4-2-3-7-9(8)12-5-11-7/h2-4,6,10H,5H2,1H3. The third-order valence-corrected chi connectivity index (χ3v) is 1.66. The zero-order valence-corrected chi connectivity index (χ0v) is 7.19. The summed E-state index contributed by atoms with van der Waals surface area (Å²) < 4.78 is 15.4. The van der Waals surface area contributed by atoms with Crippen molar-refractivity contribution in [3.63, 3.8) is 0 Å². The number of rotatable bonds is 2. The molecule has 1 aliphatic heterocycles. The van der Waals surface area contributed by atoms with E-state index in [0.717, 1.165) is 0 Å². The highest BCUT2D eigenvalue weighted by atomic mass is 16.7. The highest BCUT2D eigenvalue weighted by molar-refractivity contribution is 5.52. The van der Waals surface area contributed by atoms with Crippen molar-refractivity contribution in [3.8, 4) is 17.2 Å². The van der Waals surface area contributed by atoms with Gasteiger partial charge in [0.2, 0.25) is 12.5 Å². The summed E-state index contributed by atoms with van der Waals surface area (Å²) in [6.07, 6.45) is -0.851. The second kappa shape index (κ2) is 3.14. The fourth-order valence-corrected chi connectivity index (χ4v) is 1.18. The molecule has 13 heavy (non-hydrogen) atoms. The first kappa shape index (κ1) is 8.19. The first-order valence-electron chi connectivity index (χ1n) is 4.00. The number of para-hydroxylation sites is 1. The predicted octanol–water partition coefficient (Wildman–Crippen LogP) is 1.13. The molecule has 4 nitrogen and oxygen atoms in total. The number of hydrogen-bond acceptors (Lipinski definition) is 4. The summed E-state index contributed by atoms with van der Waals surface area (Å²) in [5.74, 6) is 1.71. The van der Waals surface area contributed by atoms with E-state index in [4.69, 9.17) is 19.3 Å². The van der Waals surface area contributed by atoms with Crippen LogP contribution in [0.25, 0.3) is 0 Å². The van der Waals surface area contributed by atoms with Gasteiger partial charge >= 0.3 is 0 Å². The molecule has 0 amide bonds. The van der Waals surface area contributed by atoms with E-state index < -0.39 is 6.29 Å². The van der Waals surface area contributed by atoms with Gasteiger partial charge in [-0.05, 0) is 19.1 Å². The van der Waals surface area contributed by atoms with Crippen LogP contribution in [0.5, 0.6) is 17.2 Å². The van der Waals surface area contributed by atoms with Crippen molar-refractivity contribution in [2.24, 2.45) is 0 Å². The molecule has 70 valence electrons. The molecule has 1 heterocycles. The minimum atomic E-state index is -0.851. The molecule has 1 aromatic carbocycles. The average Bonchev–Trinajstić information content (AvgIpc) is 2.51. The van der Waals surface area contributed by atoms with Gasteiger partial charge in [0.1, 0.15) is 0 Å². The summed E-state index contributed by atoms with van der Waals surface area (Å²) >= 11 is 0. The van der Waals surface area contributed by atoms with Gasteiger partial charge < -0.3 is 19.3 Å². The van der Waals surface area contributed by atoms with Crippen molar-refractivity contribution >= 4 is 0 Å². The number of hydrogen-bond donors (Lipinski definition) is 1. The minimum Gasteiger partial charge on any atom is -0.461 e. The quantitative estimate of drug-likeness (QED) is 0.696. The maximum absolute atomic E-state index is 9.02. The number of ether oxygens (including phenoxy) is 3. The van der Waals surface area contributed by atoms with Crippen LogP contribution < -0.4 is 14.2 Å². The summed E-state index contributed by atoms with van der Waals surface area (Å²) in [4.78, 5) is 0. The highest BCUT2D eigenvalue weighted by Gasteiger charge is 2.18. The smallest absolute Gasteiger partial charge is 0.231 e. The lowest BCUT2D eigenvalue weighted by atomic mass is 10.3. The van der Waals surface area contributed by atoms with Gasteiger partial charge in [-0.3, -0.25) is 0 Å². The van der Waals surface area contributed by atoms with Gasteiger partial charge in [0.05, 0.1) is 0 Å². The van der Waals surface area contributed by atoms with Crippen molar-refractivity contribution < 1.29 is 19.3 Å². The Hall–Kier alpha value is -1.42. The molecule has 1 aromatic rings. The molecule has 0 saturated carbocycles. The van der Waals surface area contributed by atoms with Crippen LogP contribution in [-0.2, 0) is 0 Å². The van der Waals surface area contributed by atoms with Crippen LogP contribution in [-0.4, -0.2) is 18.2 Å². The Morgan fingerprint density at radius 3 is 3.08 bits per heavy atom. The molecule has 0 saturated heterocycles. The summed E-state index contributed by atoms with van der Waals surface area (Å²) in [6.45, 7) is 1.74. The fraction of sp³-hybridized carbons (Fsp3) is 0.333. The minimum absolute atomic E-state index is 0.204. The van der Waals surface area contributed by atoms with E-state index in [-0.39, 0.29) is 6.79 Å². The van der Waals surface area contributed by atoms with Gasteiger partial charge in [-0.25, -0.2) is 0 Å². The van der Waals surface area contributed by atoms with Gasteiger partial charge in [-0.2, -0.15) is 0 Å². The lowest BCUT2D eigenvalue weighted by Crippen LogP contribution is -2.09. The van der Waals surface area contributed by atoms with E-state index in [1.807, 2.05) is 0 Å². The van der Waals surface area contributed by atoms with Gasteiger partial charge in [0.25, 0.3) is 0 Å². The Balaban J connectivity index is 2.30. The molecule has 0 aromatic heterocycles. The Kier molecular flexibility index (Phi) is 1.98. The van der Waals surface area contributed by atoms with E-state index in [1.54, 1.807) is 18.2 Å². The van der Waals surface area contributed by atoms with E-state index >= 15 is 0 Å². The molecule has 2 rings (SSSR count). The zero-order valence-electron chi connectivity index (χ0n) is 7.19. The molecule has 1 N–H and O–H groups in total. The van der Waals surface area contributed by atoms with Crippen molar-refractivity contribution in [3.05, 3.63) is 18.2 Å². The number of benzene rings is 1. The average molecular weight is 182 g/mol. The van der Waals surface area contributed by atoms with Crippen molar-refractivity contribution in [1.29, 1.82) is 0 Å². The molecule has 1 atom stereocenters. The third kappa shape index (κ3) is 1.53. The highest BCUT2D eigenvalue weighted by Crippen LogP contribution is 2.40. The summed E-state index contributed by atoms with van der Waals surface area (Å²) in [7, 11) is 0. The van der Waals surface area contributed by atoms with Crippen LogP contribution in [0.3, 0.4) is 0 Å². The van der Waals surface area contributed by atoms with Gasteiger partial charge in [0, 0.05) is 0 Å². The Morgan fingerprint density at radius 1 is 1.46 bits per heavy atom. The Bertz CT molecular complexity index is 308. The van der Waals surface area contributed by atoms with Crippen LogP contribution in [0.2, 0.25) is 0 Å². The molecular formula is C9H10O4. The van der Waals surface area contributed by atoms with E-state index in [2.05, 4.69) is 0 Å². The van der Waals surface area contributed by atoms with E-state index in [0.29, 0.717) is 17.2 Å². The fourth-order valence-electron chi connectivity index (χ4n) is 1.18. The van der Waals surface area contributed by atoms with Crippen molar-refractivity contribution in [1.82, 2.24) is 0 Å². The largest absolute Gasteiger partial charge is 0.461 e. The molecule has 0 fully saturated rings. The monoisotopic (exact) mass is 182 g/mol. The zero-order chi connectivity index (χ0) is 9.26. The second-order valence-corrected chi connectivity index (χ2v) is 2.71. The van der Waals surface area contributed by atoms with E-state index in [1.165, 1.54) is 6.92 Å². The normalized spacial score (nSPS) is 15.5. The molecule has 0 bridgehead atoms. The first-order valence-corrected chi connectivity index (χ1v) is 4.00. The summed E-state index contributed by atoms with van der Waals surface area (Å²) in [5, 5.41) is 9.02. The SMILES string of the molecule is CC(O)Oc1cccc2c1OCO2. The number of fused-ring (bicyclic) bond motifs is 1. The predicted molar refractivity (Wildman–Crippen MR) is 44.9 cm³/mol.